The van der Waals surface area contributed by atoms with Crippen LogP contribution in [0, 0.1) is 0 Å². The van der Waals surface area contributed by atoms with Crippen molar-refractivity contribution < 1.29 is 17.9 Å². The average Bonchev–Trinajstić information content (AvgIpc) is 2.39. The standard InChI is InChI=1S/C11H11F3O/c1-10(2)8-6-4-3-5-7(8)9(15-10)11(12,13)14/h3-6,9H,1-2H3. The number of hydrogen-bond acceptors (Lipinski definition) is 1. The zero-order valence-corrected chi connectivity index (χ0v) is 8.43. The minimum Gasteiger partial charge on any atom is -0.353 e. The van der Waals surface area contributed by atoms with Crippen molar-refractivity contribution in [1.29, 1.82) is 0 Å². The largest absolute Gasteiger partial charge is 0.418 e. The molecule has 2 rings (SSSR count). The summed E-state index contributed by atoms with van der Waals surface area (Å²) in [4.78, 5) is 0. The van der Waals surface area contributed by atoms with Gasteiger partial charge in [0.15, 0.2) is 6.10 Å². The Labute approximate surface area is 85.9 Å². The maximum atomic E-state index is 12.7. The number of fused-ring (bicyclic) bond motifs is 1. The Morgan fingerprint density at radius 3 is 2.40 bits per heavy atom. The van der Waals surface area contributed by atoms with Crippen molar-refractivity contribution in [3.8, 4) is 0 Å². The van der Waals surface area contributed by atoms with Gasteiger partial charge in [0.2, 0.25) is 0 Å². The highest BCUT2D eigenvalue weighted by molar-refractivity contribution is 5.37. The molecular formula is C11H11F3O. The van der Waals surface area contributed by atoms with Crippen molar-refractivity contribution in [2.45, 2.75) is 31.7 Å². The molecule has 0 aromatic heterocycles. The van der Waals surface area contributed by atoms with Gasteiger partial charge in [0.1, 0.15) is 0 Å². The van der Waals surface area contributed by atoms with Crippen LogP contribution < -0.4 is 0 Å². The predicted molar refractivity (Wildman–Crippen MR) is 49.3 cm³/mol. The molecule has 1 unspecified atom stereocenters. The van der Waals surface area contributed by atoms with E-state index in [2.05, 4.69) is 0 Å². The molecular weight excluding hydrogens is 205 g/mol. The zero-order chi connectivity index (χ0) is 11.3. The van der Waals surface area contributed by atoms with Crippen LogP contribution in [0.2, 0.25) is 0 Å². The lowest BCUT2D eigenvalue weighted by Gasteiger charge is -2.21. The number of ether oxygens (including phenoxy) is 1. The molecule has 1 heterocycles. The molecule has 1 nitrogen and oxygen atoms in total. The first-order valence-electron chi connectivity index (χ1n) is 4.66. The molecule has 1 aromatic carbocycles. The van der Waals surface area contributed by atoms with Crippen molar-refractivity contribution in [2.75, 3.05) is 0 Å². The molecule has 4 heteroatoms. The second-order valence-electron chi connectivity index (χ2n) is 4.14. The van der Waals surface area contributed by atoms with Gasteiger partial charge in [-0.25, -0.2) is 0 Å². The van der Waals surface area contributed by atoms with Crippen molar-refractivity contribution in [1.82, 2.24) is 0 Å². The molecule has 0 bridgehead atoms. The fraction of sp³-hybridized carbons (Fsp3) is 0.455. The summed E-state index contributed by atoms with van der Waals surface area (Å²) in [5, 5.41) is 0. The highest BCUT2D eigenvalue weighted by Gasteiger charge is 2.51. The van der Waals surface area contributed by atoms with Crippen LogP contribution in [0.15, 0.2) is 24.3 Å². The number of hydrogen-bond donors (Lipinski definition) is 0. The fourth-order valence-corrected chi connectivity index (χ4v) is 1.94. The van der Waals surface area contributed by atoms with Gasteiger partial charge in [-0.3, -0.25) is 0 Å². The van der Waals surface area contributed by atoms with Gasteiger partial charge in [0.05, 0.1) is 5.60 Å². The second kappa shape index (κ2) is 2.98. The molecule has 1 aromatic rings. The summed E-state index contributed by atoms with van der Waals surface area (Å²) >= 11 is 0. The predicted octanol–water partition coefficient (Wildman–Crippen LogP) is 3.56. The highest BCUT2D eigenvalue weighted by atomic mass is 19.4. The van der Waals surface area contributed by atoms with Gasteiger partial charge in [-0.2, -0.15) is 13.2 Å². The lowest BCUT2D eigenvalue weighted by atomic mass is 9.95. The summed E-state index contributed by atoms with van der Waals surface area (Å²) in [6.45, 7) is 3.30. The third kappa shape index (κ3) is 1.63. The van der Waals surface area contributed by atoms with Crippen molar-refractivity contribution in [3.05, 3.63) is 35.4 Å². The first-order valence-corrected chi connectivity index (χ1v) is 4.66. The second-order valence-corrected chi connectivity index (χ2v) is 4.14. The van der Waals surface area contributed by atoms with E-state index in [1.54, 1.807) is 32.0 Å². The Hall–Kier alpha value is -1.03. The molecule has 0 saturated heterocycles. The molecule has 0 aliphatic carbocycles. The maximum Gasteiger partial charge on any atom is 0.418 e. The van der Waals surface area contributed by atoms with E-state index in [0.717, 1.165) is 0 Å². The van der Waals surface area contributed by atoms with E-state index in [0.29, 0.717) is 5.56 Å². The SMILES string of the molecule is CC1(C)OC(C(F)(F)F)c2ccccc21. The third-order valence-electron chi connectivity index (χ3n) is 2.60. The van der Waals surface area contributed by atoms with Gasteiger partial charge in [0.25, 0.3) is 0 Å². The molecule has 0 N–H and O–H groups in total. The molecule has 0 amide bonds. The Kier molecular flexibility index (Phi) is 2.08. The summed E-state index contributed by atoms with van der Waals surface area (Å²) in [6.07, 6.45) is -6.13. The van der Waals surface area contributed by atoms with E-state index in [9.17, 15) is 13.2 Å². The van der Waals surface area contributed by atoms with Crippen molar-refractivity contribution in [2.24, 2.45) is 0 Å². The minimum absolute atomic E-state index is 0.231. The molecule has 1 atom stereocenters. The first-order chi connectivity index (χ1) is 6.82. The molecule has 0 spiro atoms. The van der Waals surface area contributed by atoms with E-state index in [1.807, 2.05) is 0 Å². The summed E-state index contributed by atoms with van der Waals surface area (Å²) in [7, 11) is 0. The van der Waals surface area contributed by atoms with Gasteiger partial charge in [-0.1, -0.05) is 24.3 Å². The van der Waals surface area contributed by atoms with Crippen LogP contribution in [0.1, 0.15) is 31.1 Å². The summed E-state index contributed by atoms with van der Waals surface area (Å²) < 4.78 is 43.0. The normalized spacial score (nSPS) is 23.9. The van der Waals surface area contributed by atoms with Gasteiger partial charge >= 0.3 is 6.18 Å². The maximum absolute atomic E-state index is 12.7. The van der Waals surface area contributed by atoms with E-state index in [4.69, 9.17) is 4.74 Å². The van der Waals surface area contributed by atoms with E-state index >= 15 is 0 Å². The number of alkyl halides is 3. The quantitative estimate of drug-likeness (QED) is 0.644. The Bertz CT molecular complexity index is 382. The molecule has 0 saturated carbocycles. The molecule has 1 aliphatic heterocycles. The van der Waals surface area contributed by atoms with E-state index in [-0.39, 0.29) is 5.56 Å². The summed E-state index contributed by atoms with van der Waals surface area (Å²) in [6, 6.07) is 6.48. The number of rotatable bonds is 0. The van der Waals surface area contributed by atoms with E-state index in [1.165, 1.54) is 6.07 Å². The number of halogens is 3. The first kappa shape index (κ1) is 10.5. The minimum atomic E-state index is -4.34. The summed E-state index contributed by atoms with van der Waals surface area (Å²) in [5.74, 6) is 0. The van der Waals surface area contributed by atoms with Crippen molar-refractivity contribution >= 4 is 0 Å². The number of benzene rings is 1. The zero-order valence-electron chi connectivity index (χ0n) is 8.43. The molecule has 1 aliphatic rings. The molecule has 0 fully saturated rings. The third-order valence-corrected chi connectivity index (χ3v) is 2.60. The lowest BCUT2D eigenvalue weighted by Crippen LogP contribution is -2.23. The molecule has 0 radical (unpaired) electrons. The van der Waals surface area contributed by atoms with Crippen LogP contribution in [0.4, 0.5) is 13.2 Å². The van der Waals surface area contributed by atoms with Gasteiger partial charge in [-0.15, -0.1) is 0 Å². The van der Waals surface area contributed by atoms with Crippen molar-refractivity contribution in [3.63, 3.8) is 0 Å². The lowest BCUT2D eigenvalue weighted by molar-refractivity contribution is -0.242. The van der Waals surface area contributed by atoms with Gasteiger partial charge in [0, 0.05) is 0 Å². The monoisotopic (exact) mass is 216 g/mol. The van der Waals surface area contributed by atoms with Crippen LogP contribution in [-0.2, 0) is 10.3 Å². The van der Waals surface area contributed by atoms with Crippen LogP contribution in [-0.4, -0.2) is 6.18 Å². The molecule has 82 valence electrons. The van der Waals surface area contributed by atoms with Gasteiger partial charge in [-0.05, 0) is 25.0 Å². The van der Waals surface area contributed by atoms with Crippen LogP contribution in [0.5, 0.6) is 0 Å². The Morgan fingerprint density at radius 1 is 1.20 bits per heavy atom. The smallest absolute Gasteiger partial charge is 0.353 e. The average molecular weight is 216 g/mol. The topological polar surface area (TPSA) is 9.23 Å². The van der Waals surface area contributed by atoms with Crippen LogP contribution >= 0.6 is 0 Å². The van der Waals surface area contributed by atoms with Gasteiger partial charge < -0.3 is 4.74 Å². The Morgan fingerprint density at radius 2 is 1.80 bits per heavy atom. The van der Waals surface area contributed by atoms with Crippen LogP contribution in [0.25, 0.3) is 0 Å². The fourth-order valence-electron chi connectivity index (χ4n) is 1.94. The van der Waals surface area contributed by atoms with E-state index < -0.39 is 17.9 Å². The van der Waals surface area contributed by atoms with Crippen LogP contribution in [0.3, 0.4) is 0 Å². The highest BCUT2D eigenvalue weighted by Crippen LogP contribution is 2.49. The summed E-state index contributed by atoms with van der Waals surface area (Å²) in [5.41, 5.74) is -0.0149. The Balaban J connectivity index is 2.52. The molecule has 15 heavy (non-hydrogen) atoms.